The summed E-state index contributed by atoms with van der Waals surface area (Å²) in [5, 5.41) is 13.3. The molecule has 3 rings (SSSR count). The van der Waals surface area contributed by atoms with Gasteiger partial charge in [-0.3, -0.25) is 0 Å². The minimum Gasteiger partial charge on any atom is -0.377 e. The minimum atomic E-state index is 0.356. The summed E-state index contributed by atoms with van der Waals surface area (Å²) in [6, 6.07) is 5.80. The highest BCUT2D eigenvalue weighted by atomic mass is 35.5. The van der Waals surface area contributed by atoms with Gasteiger partial charge in [-0.05, 0) is 43.9 Å². The van der Waals surface area contributed by atoms with Gasteiger partial charge in [0.25, 0.3) is 0 Å². The molecule has 4 nitrogen and oxygen atoms in total. The standard InChI is InChI=1S/C15H18ClN3OS2/c1-10-12(16)6-4-7-13(10)17-14-18-19-15(22-14)21-9-11-5-2-3-8-20-11/h4,6-7,11H,2-3,5,8-9H2,1H3,(H,17,18)/t11-/m1/s1. The van der Waals surface area contributed by atoms with E-state index >= 15 is 0 Å². The van der Waals surface area contributed by atoms with Gasteiger partial charge in [-0.25, -0.2) is 0 Å². The van der Waals surface area contributed by atoms with E-state index in [0.29, 0.717) is 6.10 Å². The molecule has 1 aromatic carbocycles. The monoisotopic (exact) mass is 355 g/mol. The normalized spacial score (nSPS) is 18.4. The van der Waals surface area contributed by atoms with Gasteiger partial charge in [-0.1, -0.05) is 40.8 Å². The first-order chi connectivity index (χ1) is 10.7. The van der Waals surface area contributed by atoms with Crippen LogP contribution in [0.1, 0.15) is 24.8 Å². The number of nitrogens with one attached hydrogen (secondary N) is 1. The summed E-state index contributed by atoms with van der Waals surface area (Å²) >= 11 is 9.41. The van der Waals surface area contributed by atoms with Gasteiger partial charge in [-0.2, -0.15) is 0 Å². The lowest BCUT2D eigenvalue weighted by Crippen LogP contribution is -2.21. The first-order valence-corrected chi connectivity index (χ1v) is 9.50. The summed E-state index contributed by atoms with van der Waals surface area (Å²) in [5.74, 6) is 0.949. The van der Waals surface area contributed by atoms with E-state index in [0.717, 1.165) is 44.5 Å². The number of nitrogens with zero attached hydrogens (tertiary/aromatic N) is 2. The van der Waals surface area contributed by atoms with Gasteiger partial charge < -0.3 is 10.1 Å². The Balaban J connectivity index is 1.57. The van der Waals surface area contributed by atoms with Crippen LogP contribution in [0.5, 0.6) is 0 Å². The van der Waals surface area contributed by atoms with Crippen LogP contribution >= 0.6 is 34.7 Å². The smallest absolute Gasteiger partial charge is 0.210 e. The zero-order chi connectivity index (χ0) is 15.4. The number of ether oxygens (including phenoxy) is 1. The first-order valence-electron chi connectivity index (χ1n) is 7.32. The lowest BCUT2D eigenvalue weighted by Gasteiger charge is -2.21. The second kappa shape index (κ2) is 7.64. The fourth-order valence-electron chi connectivity index (χ4n) is 2.28. The molecule has 1 saturated heterocycles. The number of thioether (sulfide) groups is 1. The number of benzene rings is 1. The predicted molar refractivity (Wildman–Crippen MR) is 93.7 cm³/mol. The van der Waals surface area contributed by atoms with Gasteiger partial charge >= 0.3 is 0 Å². The van der Waals surface area contributed by atoms with E-state index in [1.54, 1.807) is 23.1 Å². The largest absolute Gasteiger partial charge is 0.377 e. The molecule has 118 valence electrons. The number of aromatic nitrogens is 2. The third-order valence-electron chi connectivity index (χ3n) is 3.58. The van der Waals surface area contributed by atoms with Gasteiger partial charge in [-0.15, -0.1) is 10.2 Å². The van der Waals surface area contributed by atoms with Gasteiger partial charge in [0.05, 0.1) is 6.10 Å². The van der Waals surface area contributed by atoms with Crippen LogP contribution in [0.4, 0.5) is 10.8 Å². The molecule has 0 amide bonds. The highest BCUT2D eigenvalue weighted by molar-refractivity contribution is 8.01. The lowest BCUT2D eigenvalue weighted by atomic mass is 10.1. The molecule has 1 aliphatic rings. The van der Waals surface area contributed by atoms with Gasteiger partial charge in [0, 0.05) is 23.1 Å². The van der Waals surface area contributed by atoms with E-state index in [2.05, 4.69) is 15.5 Å². The van der Waals surface area contributed by atoms with Crippen molar-refractivity contribution in [1.29, 1.82) is 0 Å². The Morgan fingerprint density at radius 1 is 1.41 bits per heavy atom. The van der Waals surface area contributed by atoms with Crippen LogP contribution in [0, 0.1) is 6.92 Å². The Morgan fingerprint density at radius 3 is 3.14 bits per heavy atom. The van der Waals surface area contributed by atoms with Crippen LogP contribution < -0.4 is 5.32 Å². The zero-order valence-electron chi connectivity index (χ0n) is 12.3. The summed E-state index contributed by atoms with van der Waals surface area (Å²) in [6.45, 7) is 2.88. The zero-order valence-corrected chi connectivity index (χ0v) is 14.7. The van der Waals surface area contributed by atoms with Gasteiger partial charge in [0.2, 0.25) is 5.13 Å². The van der Waals surface area contributed by atoms with Crippen LogP contribution in [-0.2, 0) is 4.74 Å². The van der Waals surface area contributed by atoms with Crippen molar-refractivity contribution in [1.82, 2.24) is 10.2 Å². The molecule has 1 aromatic heterocycles. The number of hydrogen-bond acceptors (Lipinski definition) is 6. The number of halogens is 1. The topological polar surface area (TPSA) is 47.0 Å². The van der Waals surface area contributed by atoms with Crippen molar-refractivity contribution in [2.24, 2.45) is 0 Å². The van der Waals surface area contributed by atoms with Crippen molar-refractivity contribution < 1.29 is 4.74 Å². The molecule has 1 atom stereocenters. The summed E-state index contributed by atoms with van der Waals surface area (Å²) in [6.07, 6.45) is 3.96. The molecule has 7 heteroatoms. The Morgan fingerprint density at radius 2 is 2.32 bits per heavy atom. The average molecular weight is 356 g/mol. The van der Waals surface area contributed by atoms with E-state index in [1.165, 1.54) is 12.8 Å². The molecule has 0 unspecified atom stereocenters. The van der Waals surface area contributed by atoms with E-state index in [-0.39, 0.29) is 0 Å². The lowest BCUT2D eigenvalue weighted by molar-refractivity contribution is 0.0315. The maximum absolute atomic E-state index is 6.13. The Kier molecular flexibility index (Phi) is 5.57. The van der Waals surface area contributed by atoms with E-state index < -0.39 is 0 Å². The quantitative estimate of drug-likeness (QED) is 0.772. The van der Waals surface area contributed by atoms with E-state index in [9.17, 15) is 0 Å². The second-order valence-corrected chi connectivity index (χ2v) is 7.86. The fraction of sp³-hybridized carbons (Fsp3) is 0.467. The highest BCUT2D eigenvalue weighted by Crippen LogP contribution is 2.31. The second-order valence-electron chi connectivity index (χ2n) is 5.21. The Bertz CT molecular complexity index is 629. The van der Waals surface area contributed by atoms with Crippen LogP contribution in [0.3, 0.4) is 0 Å². The average Bonchev–Trinajstić information content (AvgIpc) is 2.98. The molecule has 0 radical (unpaired) electrons. The van der Waals surface area contributed by atoms with Crippen molar-refractivity contribution in [2.45, 2.75) is 36.6 Å². The van der Waals surface area contributed by atoms with Crippen LogP contribution in [0.2, 0.25) is 5.02 Å². The SMILES string of the molecule is Cc1c(Cl)cccc1Nc1nnc(SC[C@H]2CCCCO2)s1. The molecule has 0 spiro atoms. The summed E-state index contributed by atoms with van der Waals surface area (Å²) in [5.41, 5.74) is 1.99. The summed E-state index contributed by atoms with van der Waals surface area (Å²) < 4.78 is 6.71. The third-order valence-corrected chi connectivity index (χ3v) is 6.10. The highest BCUT2D eigenvalue weighted by Gasteiger charge is 2.15. The van der Waals surface area contributed by atoms with Crippen LogP contribution in [-0.4, -0.2) is 28.7 Å². The Labute approximate surface area is 143 Å². The molecule has 1 fully saturated rings. The molecule has 0 saturated carbocycles. The fourth-order valence-corrected chi connectivity index (χ4v) is 4.31. The maximum Gasteiger partial charge on any atom is 0.210 e. The van der Waals surface area contributed by atoms with Crippen molar-refractivity contribution in [3.63, 3.8) is 0 Å². The molecule has 1 aliphatic heterocycles. The maximum atomic E-state index is 6.13. The van der Waals surface area contributed by atoms with Crippen molar-refractivity contribution >= 4 is 45.5 Å². The molecular formula is C15H18ClN3OS2. The van der Waals surface area contributed by atoms with Crippen LogP contribution in [0.15, 0.2) is 22.5 Å². The molecule has 1 N–H and O–H groups in total. The van der Waals surface area contributed by atoms with E-state index in [1.807, 2.05) is 25.1 Å². The molecule has 0 bridgehead atoms. The van der Waals surface area contributed by atoms with Crippen LogP contribution in [0.25, 0.3) is 0 Å². The first kappa shape index (κ1) is 16.1. The predicted octanol–water partition coefficient (Wildman–Crippen LogP) is 4.90. The molecule has 0 aliphatic carbocycles. The molecular weight excluding hydrogens is 338 g/mol. The summed E-state index contributed by atoms with van der Waals surface area (Å²) in [4.78, 5) is 0. The van der Waals surface area contributed by atoms with E-state index in [4.69, 9.17) is 16.3 Å². The minimum absolute atomic E-state index is 0.356. The third kappa shape index (κ3) is 4.13. The van der Waals surface area contributed by atoms with Gasteiger partial charge in [0.1, 0.15) is 0 Å². The molecule has 2 heterocycles. The van der Waals surface area contributed by atoms with Crippen molar-refractivity contribution in [2.75, 3.05) is 17.7 Å². The summed E-state index contributed by atoms with van der Waals surface area (Å²) in [7, 11) is 0. The van der Waals surface area contributed by atoms with Crippen molar-refractivity contribution in [3.05, 3.63) is 28.8 Å². The Hall–Kier alpha value is -0.820. The molecule has 22 heavy (non-hydrogen) atoms. The molecule has 2 aromatic rings. The van der Waals surface area contributed by atoms with Crippen molar-refractivity contribution in [3.8, 4) is 0 Å². The van der Waals surface area contributed by atoms with Gasteiger partial charge in [0.15, 0.2) is 4.34 Å². The number of rotatable bonds is 5. The number of anilines is 2. The number of hydrogen-bond donors (Lipinski definition) is 1.